The molecule has 3 N–H and O–H groups in total. The Balaban J connectivity index is 0.00000289. The Morgan fingerprint density at radius 3 is 2.56 bits per heavy atom. The quantitative estimate of drug-likeness (QED) is 0.828. The highest BCUT2D eigenvalue weighted by atomic mass is 35.5. The number of ether oxygens (including phenoxy) is 1. The van der Waals surface area contributed by atoms with E-state index in [0.29, 0.717) is 12.3 Å². The average Bonchev–Trinajstić information content (AvgIpc) is 2.28. The Morgan fingerprint density at radius 2 is 2.00 bits per heavy atom. The van der Waals surface area contributed by atoms with Crippen molar-refractivity contribution in [2.75, 3.05) is 13.2 Å². The van der Waals surface area contributed by atoms with Gasteiger partial charge in [0.25, 0.3) is 5.91 Å². The molecule has 0 aliphatic heterocycles. The van der Waals surface area contributed by atoms with Gasteiger partial charge in [-0.2, -0.15) is 0 Å². The van der Waals surface area contributed by atoms with Crippen molar-refractivity contribution in [2.45, 2.75) is 26.3 Å². The Bertz CT molecular complexity index is 353. The highest BCUT2D eigenvalue weighted by molar-refractivity contribution is 5.85. The summed E-state index contributed by atoms with van der Waals surface area (Å²) < 4.78 is 5.34. The van der Waals surface area contributed by atoms with Gasteiger partial charge in [-0.1, -0.05) is 17.7 Å². The number of nitrogens with one attached hydrogen (secondary N) is 1. The molecule has 0 aliphatic carbocycles. The highest BCUT2D eigenvalue weighted by Gasteiger charge is 2.02. The van der Waals surface area contributed by atoms with Gasteiger partial charge in [0.2, 0.25) is 0 Å². The summed E-state index contributed by atoms with van der Waals surface area (Å²) in [6.07, 6.45) is 0.774. The Morgan fingerprint density at radius 1 is 1.39 bits per heavy atom. The largest absolute Gasteiger partial charge is 0.484 e. The molecule has 1 unspecified atom stereocenters. The normalized spacial score (nSPS) is 11.3. The van der Waals surface area contributed by atoms with Crippen molar-refractivity contribution in [2.24, 2.45) is 5.73 Å². The summed E-state index contributed by atoms with van der Waals surface area (Å²) in [5, 5.41) is 2.75. The van der Waals surface area contributed by atoms with Crippen molar-refractivity contribution in [3.63, 3.8) is 0 Å². The zero-order valence-corrected chi connectivity index (χ0v) is 11.6. The van der Waals surface area contributed by atoms with Crippen LogP contribution >= 0.6 is 12.4 Å². The van der Waals surface area contributed by atoms with E-state index in [9.17, 15) is 4.79 Å². The van der Waals surface area contributed by atoms with Crippen molar-refractivity contribution < 1.29 is 9.53 Å². The molecule has 0 fully saturated rings. The summed E-state index contributed by atoms with van der Waals surface area (Å²) in [6.45, 7) is 4.55. The number of hydrogen-bond donors (Lipinski definition) is 2. The Labute approximate surface area is 114 Å². The van der Waals surface area contributed by atoms with Crippen molar-refractivity contribution in [1.29, 1.82) is 0 Å². The summed E-state index contributed by atoms with van der Waals surface area (Å²) >= 11 is 0. The number of amides is 1. The fraction of sp³-hybridized carbons (Fsp3) is 0.462. The summed E-state index contributed by atoms with van der Waals surface area (Å²) in [7, 11) is 0. The van der Waals surface area contributed by atoms with Crippen molar-refractivity contribution >= 4 is 18.3 Å². The van der Waals surface area contributed by atoms with Crippen LogP contribution < -0.4 is 15.8 Å². The Hall–Kier alpha value is -1.26. The minimum Gasteiger partial charge on any atom is -0.484 e. The van der Waals surface area contributed by atoms with Gasteiger partial charge in [-0.25, -0.2) is 0 Å². The molecule has 102 valence electrons. The fourth-order valence-electron chi connectivity index (χ4n) is 1.27. The molecule has 0 saturated carbocycles. The van der Waals surface area contributed by atoms with E-state index in [1.54, 1.807) is 0 Å². The smallest absolute Gasteiger partial charge is 0.257 e. The van der Waals surface area contributed by atoms with Gasteiger partial charge in [-0.05, 0) is 32.4 Å². The van der Waals surface area contributed by atoms with Crippen LogP contribution in [0.25, 0.3) is 0 Å². The van der Waals surface area contributed by atoms with Crippen molar-refractivity contribution in [3.05, 3.63) is 29.8 Å². The number of nitrogens with two attached hydrogens (primary N) is 1. The van der Waals surface area contributed by atoms with Crippen LogP contribution in [0.3, 0.4) is 0 Å². The molecule has 18 heavy (non-hydrogen) atoms. The molecule has 0 bridgehead atoms. The van der Waals surface area contributed by atoms with Gasteiger partial charge < -0.3 is 15.8 Å². The molecule has 0 heterocycles. The third kappa shape index (κ3) is 7.14. The number of rotatable bonds is 6. The lowest BCUT2D eigenvalue weighted by atomic mass is 10.2. The number of halogens is 1. The summed E-state index contributed by atoms with van der Waals surface area (Å²) in [4.78, 5) is 11.4. The first-order valence-corrected chi connectivity index (χ1v) is 5.79. The lowest BCUT2D eigenvalue weighted by molar-refractivity contribution is -0.123. The predicted molar refractivity (Wildman–Crippen MR) is 75.2 cm³/mol. The minimum atomic E-state index is -0.119. The van der Waals surface area contributed by atoms with Gasteiger partial charge in [-0.15, -0.1) is 12.4 Å². The van der Waals surface area contributed by atoms with E-state index in [-0.39, 0.29) is 31.0 Å². The van der Waals surface area contributed by atoms with E-state index >= 15 is 0 Å². The molecule has 1 rings (SSSR count). The molecule has 1 aromatic rings. The fourth-order valence-corrected chi connectivity index (χ4v) is 1.27. The summed E-state index contributed by atoms with van der Waals surface area (Å²) in [5.41, 5.74) is 6.74. The van der Waals surface area contributed by atoms with Gasteiger partial charge in [0.1, 0.15) is 5.75 Å². The van der Waals surface area contributed by atoms with E-state index < -0.39 is 0 Å². The molecule has 0 spiro atoms. The Kier molecular flexibility index (Phi) is 8.16. The van der Waals surface area contributed by atoms with Crippen LogP contribution in [0.5, 0.6) is 5.75 Å². The second kappa shape index (κ2) is 8.78. The molecule has 1 aromatic carbocycles. The standard InChI is InChI=1S/C13H20N2O2.ClH/c1-10-3-5-12(6-4-10)17-9-13(16)15-8-7-11(2)14;/h3-6,11H,7-9,14H2,1-2H3,(H,15,16);1H. The third-order valence-electron chi connectivity index (χ3n) is 2.31. The van der Waals surface area contributed by atoms with Crippen LogP contribution in [0.2, 0.25) is 0 Å². The SMILES string of the molecule is Cc1ccc(OCC(=O)NCCC(C)N)cc1.Cl. The molecule has 5 heteroatoms. The third-order valence-corrected chi connectivity index (χ3v) is 2.31. The second-order valence-electron chi connectivity index (χ2n) is 4.22. The molecule has 0 radical (unpaired) electrons. The lowest BCUT2D eigenvalue weighted by Crippen LogP contribution is -2.32. The van der Waals surface area contributed by atoms with E-state index in [4.69, 9.17) is 10.5 Å². The maximum atomic E-state index is 11.4. The average molecular weight is 273 g/mol. The summed E-state index contributed by atoms with van der Waals surface area (Å²) in [5.74, 6) is 0.587. The first-order valence-electron chi connectivity index (χ1n) is 5.79. The topological polar surface area (TPSA) is 64.3 Å². The van der Waals surface area contributed by atoms with Crippen molar-refractivity contribution in [3.8, 4) is 5.75 Å². The first kappa shape index (κ1) is 16.7. The molecule has 0 aliphatic rings. The van der Waals surface area contributed by atoms with E-state index in [0.717, 1.165) is 6.42 Å². The maximum absolute atomic E-state index is 11.4. The molecular formula is C13H21ClN2O2. The van der Waals surface area contributed by atoms with Crippen LogP contribution in [0.15, 0.2) is 24.3 Å². The van der Waals surface area contributed by atoms with Gasteiger partial charge in [0.15, 0.2) is 6.61 Å². The number of aryl methyl sites for hydroxylation is 1. The van der Waals surface area contributed by atoms with Crippen LogP contribution in [-0.4, -0.2) is 25.1 Å². The van der Waals surface area contributed by atoms with Crippen molar-refractivity contribution in [1.82, 2.24) is 5.32 Å². The number of carbonyl (C=O) groups excluding carboxylic acids is 1. The van der Waals surface area contributed by atoms with Crippen LogP contribution in [0.1, 0.15) is 18.9 Å². The number of carbonyl (C=O) groups is 1. The van der Waals surface area contributed by atoms with Crippen LogP contribution in [0, 0.1) is 6.92 Å². The predicted octanol–water partition coefficient (Wildman–Crippen LogP) is 1.65. The van der Waals surface area contributed by atoms with E-state index in [2.05, 4.69) is 5.32 Å². The minimum absolute atomic E-state index is 0. The molecule has 1 amide bonds. The number of hydrogen-bond acceptors (Lipinski definition) is 3. The first-order chi connectivity index (χ1) is 8.08. The molecule has 0 aromatic heterocycles. The van der Waals surface area contributed by atoms with E-state index in [1.807, 2.05) is 38.1 Å². The molecule has 4 nitrogen and oxygen atoms in total. The monoisotopic (exact) mass is 272 g/mol. The van der Waals surface area contributed by atoms with Gasteiger partial charge in [0, 0.05) is 12.6 Å². The van der Waals surface area contributed by atoms with Crippen LogP contribution in [-0.2, 0) is 4.79 Å². The summed E-state index contributed by atoms with van der Waals surface area (Å²) in [6, 6.07) is 7.70. The van der Waals surface area contributed by atoms with Gasteiger partial charge in [0.05, 0.1) is 0 Å². The zero-order valence-electron chi connectivity index (χ0n) is 10.8. The highest BCUT2D eigenvalue weighted by Crippen LogP contribution is 2.10. The molecular weight excluding hydrogens is 252 g/mol. The lowest BCUT2D eigenvalue weighted by Gasteiger charge is -2.08. The zero-order chi connectivity index (χ0) is 12.7. The maximum Gasteiger partial charge on any atom is 0.257 e. The molecule has 0 saturated heterocycles. The van der Waals surface area contributed by atoms with E-state index in [1.165, 1.54) is 5.56 Å². The second-order valence-corrected chi connectivity index (χ2v) is 4.22. The van der Waals surface area contributed by atoms with Gasteiger partial charge >= 0.3 is 0 Å². The number of benzene rings is 1. The molecule has 1 atom stereocenters. The van der Waals surface area contributed by atoms with Crippen LogP contribution in [0.4, 0.5) is 0 Å². The van der Waals surface area contributed by atoms with Gasteiger partial charge in [-0.3, -0.25) is 4.79 Å².